The lowest BCUT2D eigenvalue weighted by atomic mass is 9.99. The average molecular weight is 284 g/mol. The number of Topliss-reactive ketones (excluding diaryl/α,β-unsaturated/α-hetero) is 1. The number of carbonyl (C=O) groups is 2. The number of benzene rings is 1. The molecule has 2 aromatic rings. The molecule has 0 aliphatic heterocycles. The molecular weight excluding hydrogens is 268 g/mol. The van der Waals surface area contributed by atoms with Gasteiger partial charge in [0, 0.05) is 18.0 Å². The number of hydrogen-bond donors (Lipinski definition) is 0. The number of nitrogens with zero attached hydrogens (tertiary/aromatic N) is 2. The van der Waals surface area contributed by atoms with Gasteiger partial charge in [0.15, 0.2) is 11.8 Å². The van der Waals surface area contributed by atoms with Gasteiger partial charge in [0.2, 0.25) is 5.78 Å². The van der Waals surface area contributed by atoms with E-state index in [0.29, 0.717) is 5.56 Å². The van der Waals surface area contributed by atoms with Crippen molar-refractivity contribution in [1.82, 2.24) is 9.97 Å². The largest absolute Gasteiger partial charge is 0.449 e. The lowest BCUT2D eigenvalue weighted by Crippen LogP contribution is -2.25. The van der Waals surface area contributed by atoms with E-state index < -0.39 is 12.1 Å². The first-order chi connectivity index (χ1) is 9.99. The van der Waals surface area contributed by atoms with Crippen molar-refractivity contribution in [3.63, 3.8) is 0 Å². The van der Waals surface area contributed by atoms with Gasteiger partial charge in [-0.3, -0.25) is 9.78 Å². The fraction of sp³-hybridized carbons (Fsp3) is 0.250. The molecule has 0 saturated carbocycles. The van der Waals surface area contributed by atoms with Crippen molar-refractivity contribution in [1.29, 1.82) is 0 Å². The number of esters is 1. The first-order valence-corrected chi connectivity index (χ1v) is 6.57. The molecular formula is C16H16N2O3. The third kappa shape index (κ3) is 3.51. The summed E-state index contributed by atoms with van der Waals surface area (Å²) in [7, 11) is 0. The molecule has 0 aliphatic carbocycles. The van der Waals surface area contributed by atoms with E-state index in [1.54, 1.807) is 13.0 Å². The van der Waals surface area contributed by atoms with Crippen LogP contribution in [0.25, 0.3) is 0 Å². The summed E-state index contributed by atoms with van der Waals surface area (Å²) >= 11 is 0. The Kier molecular flexibility index (Phi) is 4.42. The maximum atomic E-state index is 12.4. The predicted octanol–water partition coefficient (Wildman–Crippen LogP) is 2.52. The number of aryl methyl sites for hydroxylation is 2. The molecule has 1 atom stereocenters. The molecule has 2 rings (SSSR count). The Hall–Kier alpha value is -2.56. The van der Waals surface area contributed by atoms with E-state index in [1.807, 2.05) is 26.0 Å². The van der Waals surface area contributed by atoms with Gasteiger partial charge in [-0.2, -0.15) is 0 Å². The zero-order chi connectivity index (χ0) is 15.4. The Morgan fingerprint density at radius 2 is 1.95 bits per heavy atom. The van der Waals surface area contributed by atoms with Gasteiger partial charge in [-0.05, 0) is 32.4 Å². The van der Waals surface area contributed by atoms with Crippen LogP contribution in [0.2, 0.25) is 0 Å². The van der Waals surface area contributed by atoms with Crippen molar-refractivity contribution in [2.75, 3.05) is 0 Å². The second-order valence-electron chi connectivity index (χ2n) is 4.82. The van der Waals surface area contributed by atoms with Crippen molar-refractivity contribution < 1.29 is 14.3 Å². The minimum atomic E-state index is -0.875. The summed E-state index contributed by atoms with van der Waals surface area (Å²) in [6, 6.07) is 5.60. The zero-order valence-electron chi connectivity index (χ0n) is 12.2. The van der Waals surface area contributed by atoms with Crippen LogP contribution in [0.3, 0.4) is 0 Å². The summed E-state index contributed by atoms with van der Waals surface area (Å²) in [5.41, 5.74) is 2.48. The fourth-order valence-electron chi connectivity index (χ4n) is 1.90. The predicted molar refractivity (Wildman–Crippen MR) is 77.2 cm³/mol. The molecule has 1 aromatic heterocycles. The Morgan fingerprint density at radius 1 is 1.19 bits per heavy atom. The van der Waals surface area contributed by atoms with Gasteiger partial charge in [-0.1, -0.05) is 17.7 Å². The van der Waals surface area contributed by atoms with Crippen LogP contribution in [-0.2, 0) is 4.74 Å². The standard InChI is InChI=1S/C16H16N2O3/c1-10-4-5-11(2)13(8-10)15(19)12(3)21-16(20)14-9-17-6-7-18-14/h4-9,12H,1-3H3/t12-/m1/s1. The van der Waals surface area contributed by atoms with Crippen LogP contribution in [0.1, 0.15) is 38.9 Å². The average Bonchev–Trinajstić information content (AvgIpc) is 2.49. The Morgan fingerprint density at radius 3 is 2.62 bits per heavy atom. The lowest BCUT2D eigenvalue weighted by molar-refractivity contribution is 0.0312. The van der Waals surface area contributed by atoms with Gasteiger partial charge in [0.05, 0.1) is 6.20 Å². The summed E-state index contributed by atoms with van der Waals surface area (Å²) in [4.78, 5) is 31.9. The molecule has 108 valence electrons. The topological polar surface area (TPSA) is 69.2 Å². The molecule has 21 heavy (non-hydrogen) atoms. The molecule has 0 amide bonds. The smallest absolute Gasteiger partial charge is 0.359 e. The van der Waals surface area contributed by atoms with E-state index in [-0.39, 0.29) is 11.5 Å². The first kappa shape index (κ1) is 14.8. The minimum absolute atomic E-state index is 0.0816. The molecule has 0 aliphatic rings. The van der Waals surface area contributed by atoms with Crippen LogP contribution in [0.5, 0.6) is 0 Å². The van der Waals surface area contributed by atoms with Crippen LogP contribution in [-0.4, -0.2) is 27.8 Å². The van der Waals surface area contributed by atoms with Gasteiger partial charge in [-0.15, -0.1) is 0 Å². The van der Waals surface area contributed by atoms with Crippen LogP contribution in [0.4, 0.5) is 0 Å². The molecule has 0 saturated heterocycles. The highest BCUT2D eigenvalue weighted by atomic mass is 16.5. The maximum absolute atomic E-state index is 12.4. The Labute approximate surface area is 123 Å². The summed E-state index contributed by atoms with van der Waals surface area (Å²) < 4.78 is 5.16. The quantitative estimate of drug-likeness (QED) is 0.637. The zero-order valence-corrected chi connectivity index (χ0v) is 12.2. The Balaban J connectivity index is 2.13. The number of rotatable bonds is 4. The summed E-state index contributed by atoms with van der Waals surface area (Å²) in [6.45, 7) is 5.31. The van der Waals surface area contributed by atoms with Crippen LogP contribution >= 0.6 is 0 Å². The molecule has 1 heterocycles. The molecule has 0 bridgehead atoms. The van der Waals surface area contributed by atoms with E-state index in [0.717, 1.165) is 11.1 Å². The number of hydrogen-bond acceptors (Lipinski definition) is 5. The second kappa shape index (κ2) is 6.26. The third-order valence-electron chi connectivity index (χ3n) is 3.08. The number of aromatic nitrogens is 2. The van der Waals surface area contributed by atoms with E-state index in [2.05, 4.69) is 9.97 Å². The highest BCUT2D eigenvalue weighted by Gasteiger charge is 2.22. The van der Waals surface area contributed by atoms with Crippen molar-refractivity contribution in [2.24, 2.45) is 0 Å². The van der Waals surface area contributed by atoms with Gasteiger partial charge in [0.25, 0.3) is 0 Å². The van der Waals surface area contributed by atoms with Gasteiger partial charge in [0.1, 0.15) is 0 Å². The van der Waals surface area contributed by atoms with E-state index in [1.165, 1.54) is 18.6 Å². The molecule has 5 nitrogen and oxygen atoms in total. The van der Waals surface area contributed by atoms with Crippen molar-refractivity contribution in [2.45, 2.75) is 26.9 Å². The molecule has 0 N–H and O–H groups in total. The summed E-state index contributed by atoms with van der Waals surface area (Å²) in [6.07, 6.45) is 3.28. The first-order valence-electron chi connectivity index (χ1n) is 6.57. The monoisotopic (exact) mass is 284 g/mol. The van der Waals surface area contributed by atoms with Gasteiger partial charge >= 0.3 is 5.97 Å². The van der Waals surface area contributed by atoms with Gasteiger partial charge in [-0.25, -0.2) is 9.78 Å². The third-order valence-corrected chi connectivity index (χ3v) is 3.08. The number of carbonyl (C=O) groups excluding carboxylic acids is 2. The number of ketones is 1. The molecule has 0 fully saturated rings. The normalized spacial score (nSPS) is 11.8. The van der Waals surface area contributed by atoms with E-state index in [4.69, 9.17) is 4.74 Å². The highest BCUT2D eigenvalue weighted by Crippen LogP contribution is 2.15. The molecule has 5 heteroatoms. The van der Waals surface area contributed by atoms with Gasteiger partial charge < -0.3 is 4.74 Å². The molecule has 1 aromatic carbocycles. The summed E-state index contributed by atoms with van der Waals surface area (Å²) in [5.74, 6) is -0.886. The maximum Gasteiger partial charge on any atom is 0.359 e. The van der Waals surface area contributed by atoms with Crippen molar-refractivity contribution in [3.05, 3.63) is 59.2 Å². The summed E-state index contributed by atoms with van der Waals surface area (Å²) in [5, 5.41) is 0. The molecule has 0 spiro atoms. The van der Waals surface area contributed by atoms with Crippen LogP contribution in [0.15, 0.2) is 36.8 Å². The minimum Gasteiger partial charge on any atom is -0.449 e. The molecule has 0 radical (unpaired) electrons. The van der Waals surface area contributed by atoms with Crippen molar-refractivity contribution >= 4 is 11.8 Å². The molecule has 0 unspecified atom stereocenters. The van der Waals surface area contributed by atoms with Crippen LogP contribution < -0.4 is 0 Å². The highest BCUT2D eigenvalue weighted by molar-refractivity contribution is 6.02. The SMILES string of the molecule is Cc1ccc(C)c(C(=O)[C@@H](C)OC(=O)c2cnccn2)c1. The van der Waals surface area contributed by atoms with Crippen LogP contribution in [0, 0.1) is 13.8 Å². The van der Waals surface area contributed by atoms with E-state index in [9.17, 15) is 9.59 Å². The fourth-order valence-corrected chi connectivity index (χ4v) is 1.90. The number of ether oxygens (including phenoxy) is 1. The van der Waals surface area contributed by atoms with Crippen molar-refractivity contribution in [3.8, 4) is 0 Å². The van der Waals surface area contributed by atoms with E-state index >= 15 is 0 Å². The Bertz CT molecular complexity index is 668. The lowest BCUT2D eigenvalue weighted by Gasteiger charge is -2.13. The second-order valence-corrected chi connectivity index (χ2v) is 4.82.